The number of ether oxygens (including phenoxy) is 1. The van der Waals surface area contributed by atoms with Crippen molar-refractivity contribution >= 4 is 15.9 Å². The zero-order valence-corrected chi connectivity index (χ0v) is 11.7. The predicted molar refractivity (Wildman–Crippen MR) is 67.8 cm³/mol. The fourth-order valence-corrected chi connectivity index (χ4v) is 2.63. The van der Waals surface area contributed by atoms with Crippen molar-refractivity contribution in [1.29, 1.82) is 0 Å². The van der Waals surface area contributed by atoms with E-state index >= 15 is 0 Å². The normalized spacial score (nSPS) is 23.6. The Morgan fingerprint density at radius 2 is 2.16 bits per heavy atom. The van der Waals surface area contributed by atoms with E-state index in [2.05, 4.69) is 20.9 Å². The monoisotopic (exact) mass is 338 g/mol. The highest BCUT2D eigenvalue weighted by Crippen LogP contribution is 2.38. The van der Waals surface area contributed by atoms with Gasteiger partial charge < -0.3 is 10.5 Å². The molecule has 2 unspecified atom stereocenters. The van der Waals surface area contributed by atoms with Crippen LogP contribution < -0.4 is 10.5 Å². The molecule has 1 aliphatic rings. The summed E-state index contributed by atoms with van der Waals surface area (Å²) in [5, 5.41) is 0. The van der Waals surface area contributed by atoms with E-state index in [9.17, 15) is 13.2 Å². The van der Waals surface area contributed by atoms with Gasteiger partial charge in [-0.05, 0) is 47.8 Å². The quantitative estimate of drug-likeness (QED) is 0.919. The van der Waals surface area contributed by atoms with Crippen molar-refractivity contribution in [2.45, 2.75) is 31.5 Å². The van der Waals surface area contributed by atoms with E-state index in [1.807, 2.05) is 0 Å². The van der Waals surface area contributed by atoms with Crippen LogP contribution in [0.5, 0.6) is 5.88 Å². The number of nitrogens with two attached hydrogens (primary N) is 1. The Morgan fingerprint density at radius 1 is 1.42 bits per heavy atom. The minimum Gasteiger partial charge on any atom is -0.474 e. The van der Waals surface area contributed by atoms with Crippen LogP contribution in [-0.2, 0) is 6.18 Å². The van der Waals surface area contributed by atoms with Crippen molar-refractivity contribution in [2.24, 2.45) is 11.7 Å². The molecule has 19 heavy (non-hydrogen) atoms. The molecule has 0 amide bonds. The third-order valence-electron chi connectivity index (χ3n) is 3.28. The lowest BCUT2D eigenvalue weighted by molar-refractivity contribution is -0.139. The molecule has 1 saturated carbocycles. The van der Waals surface area contributed by atoms with Crippen molar-refractivity contribution < 1.29 is 17.9 Å². The van der Waals surface area contributed by atoms with Gasteiger partial charge in [0.05, 0.1) is 0 Å². The third kappa shape index (κ3) is 3.39. The number of alkyl halides is 3. The van der Waals surface area contributed by atoms with Crippen molar-refractivity contribution in [3.8, 4) is 5.88 Å². The van der Waals surface area contributed by atoms with E-state index in [0.29, 0.717) is 6.54 Å². The van der Waals surface area contributed by atoms with Crippen LogP contribution in [0.3, 0.4) is 0 Å². The second-order valence-corrected chi connectivity index (χ2v) is 5.50. The number of nitrogens with zero attached hydrogens (tertiary/aromatic N) is 1. The van der Waals surface area contributed by atoms with Gasteiger partial charge >= 0.3 is 6.18 Å². The fourth-order valence-electron chi connectivity index (χ4n) is 2.29. The highest BCUT2D eigenvalue weighted by molar-refractivity contribution is 9.10. The average Bonchev–Trinajstić information content (AvgIpc) is 2.77. The molecule has 0 spiro atoms. The molecule has 0 aliphatic heterocycles. The van der Waals surface area contributed by atoms with Crippen LogP contribution >= 0.6 is 15.9 Å². The molecule has 0 aromatic carbocycles. The lowest BCUT2D eigenvalue weighted by atomic mass is 10.1. The zero-order chi connectivity index (χ0) is 14.0. The van der Waals surface area contributed by atoms with Gasteiger partial charge in [0.1, 0.15) is 11.7 Å². The second-order valence-electron chi connectivity index (χ2n) is 4.59. The fraction of sp³-hybridized carbons (Fsp3) is 0.583. The molecular formula is C12H14BrF3N2O. The van der Waals surface area contributed by atoms with Crippen LogP contribution in [0, 0.1) is 5.92 Å². The maximum Gasteiger partial charge on any atom is 0.421 e. The third-order valence-corrected chi connectivity index (χ3v) is 3.71. The number of hydrogen-bond donors (Lipinski definition) is 1. The van der Waals surface area contributed by atoms with E-state index in [-0.39, 0.29) is 22.4 Å². The molecule has 1 aromatic heterocycles. The first-order chi connectivity index (χ1) is 8.91. The van der Waals surface area contributed by atoms with Crippen LogP contribution in [0.2, 0.25) is 0 Å². The summed E-state index contributed by atoms with van der Waals surface area (Å²) in [5.41, 5.74) is 4.74. The minimum absolute atomic E-state index is 0.103. The lowest BCUT2D eigenvalue weighted by Gasteiger charge is -2.21. The molecule has 1 aliphatic carbocycles. The summed E-state index contributed by atoms with van der Waals surface area (Å²) < 4.78 is 44.5. The molecule has 2 N–H and O–H groups in total. The van der Waals surface area contributed by atoms with Crippen molar-refractivity contribution in [1.82, 2.24) is 4.98 Å². The van der Waals surface area contributed by atoms with Crippen molar-refractivity contribution in [2.75, 3.05) is 6.54 Å². The first-order valence-corrected chi connectivity index (χ1v) is 6.80. The second kappa shape index (κ2) is 5.66. The molecule has 1 fully saturated rings. The molecule has 2 atom stereocenters. The topological polar surface area (TPSA) is 48.1 Å². The Hall–Kier alpha value is -0.820. The van der Waals surface area contributed by atoms with Crippen molar-refractivity contribution in [3.05, 3.63) is 22.3 Å². The Morgan fingerprint density at radius 3 is 2.79 bits per heavy atom. The van der Waals surface area contributed by atoms with Gasteiger partial charge in [-0.1, -0.05) is 0 Å². The highest BCUT2D eigenvalue weighted by Gasteiger charge is 2.37. The Bertz CT molecular complexity index is 453. The largest absolute Gasteiger partial charge is 0.474 e. The van der Waals surface area contributed by atoms with Crippen LogP contribution in [0.4, 0.5) is 13.2 Å². The van der Waals surface area contributed by atoms with Crippen LogP contribution in [-0.4, -0.2) is 17.6 Å². The Labute approximate surface area is 117 Å². The van der Waals surface area contributed by atoms with Gasteiger partial charge in [0, 0.05) is 16.6 Å². The smallest absolute Gasteiger partial charge is 0.421 e. The van der Waals surface area contributed by atoms with Crippen LogP contribution in [0.25, 0.3) is 0 Å². The molecule has 1 heterocycles. The van der Waals surface area contributed by atoms with E-state index < -0.39 is 11.7 Å². The van der Waals surface area contributed by atoms with Crippen LogP contribution in [0.1, 0.15) is 24.8 Å². The molecule has 0 bridgehead atoms. The van der Waals surface area contributed by atoms with E-state index in [0.717, 1.165) is 25.3 Å². The SMILES string of the molecule is NCC1CCCC1Oc1ncc(Br)cc1C(F)(F)F. The van der Waals surface area contributed by atoms with E-state index in [4.69, 9.17) is 10.5 Å². The minimum atomic E-state index is -4.48. The molecule has 0 saturated heterocycles. The van der Waals surface area contributed by atoms with E-state index in [1.54, 1.807) is 0 Å². The summed E-state index contributed by atoms with van der Waals surface area (Å²) in [6.07, 6.45) is -0.930. The lowest BCUT2D eigenvalue weighted by Crippen LogP contribution is -2.28. The molecular weight excluding hydrogens is 325 g/mol. The van der Waals surface area contributed by atoms with Gasteiger partial charge in [-0.15, -0.1) is 0 Å². The summed E-state index contributed by atoms with van der Waals surface area (Å²) >= 11 is 2.99. The standard InChI is InChI=1S/C12H14BrF3N2O/c13-8-4-9(12(14,15)16)11(18-6-8)19-10-3-1-2-7(10)5-17/h4,6-7,10H,1-3,5,17H2. The molecule has 1 aromatic rings. The number of halogens is 4. The van der Waals surface area contributed by atoms with Gasteiger partial charge in [0.2, 0.25) is 5.88 Å². The summed E-state index contributed by atoms with van der Waals surface area (Å²) in [7, 11) is 0. The maximum absolute atomic E-state index is 12.9. The predicted octanol–water partition coefficient (Wildman–Crippen LogP) is 3.37. The molecule has 7 heteroatoms. The number of pyridine rings is 1. The Balaban J connectivity index is 2.25. The number of aromatic nitrogens is 1. The van der Waals surface area contributed by atoms with Gasteiger partial charge in [-0.2, -0.15) is 13.2 Å². The Kier molecular flexibility index (Phi) is 4.35. The van der Waals surface area contributed by atoms with E-state index in [1.165, 1.54) is 6.20 Å². The van der Waals surface area contributed by atoms with Crippen LogP contribution in [0.15, 0.2) is 16.7 Å². The average molecular weight is 339 g/mol. The summed E-state index contributed by atoms with van der Waals surface area (Å²) in [6.45, 7) is 0.419. The summed E-state index contributed by atoms with van der Waals surface area (Å²) in [4.78, 5) is 3.75. The van der Waals surface area contributed by atoms with Gasteiger partial charge in [0.25, 0.3) is 0 Å². The zero-order valence-electron chi connectivity index (χ0n) is 10.1. The number of hydrogen-bond acceptors (Lipinski definition) is 3. The summed E-state index contributed by atoms with van der Waals surface area (Å²) in [5.74, 6) is -0.257. The maximum atomic E-state index is 12.9. The summed E-state index contributed by atoms with van der Waals surface area (Å²) in [6, 6.07) is 0.981. The highest BCUT2D eigenvalue weighted by atomic mass is 79.9. The number of rotatable bonds is 3. The first-order valence-electron chi connectivity index (χ1n) is 6.01. The van der Waals surface area contributed by atoms with Crippen molar-refractivity contribution in [3.63, 3.8) is 0 Å². The van der Waals surface area contributed by atoms with Gasteiger partial charge in [-0.3, -0.25) is 0 Å². The molecule has 106 valence electrons. The molecule has 0 radical (unpaired) electrons. The molecule has 3 nitrogen and oxygen atoms in total. The first kappa shape index (κ1) is 14.6. The van der Waals surface area contributed by atoms with Gasteiger partial charge in [-0.25, -0.2) is 4.98 Å². The molecule has 2 rings (SSSR count). The van der Waals surface area contributed by atoms with Gasteiger partial charge in [0.15, 0.2) is 0 Å².